The molecule has 1 aliphatic carbocycles. The van der Waals surface area contributed by atoms with Crippen molar-refractivity contribution in [3.63, 3.8) is 0 Å². The van der Waals surface area contributed by atoms with Crippen molar-refractivity contribution < 1.29 is 4.74 Å². The molecular formula is C14H18N2O. The zero-order valence-electron chi connectivity index (χ0n) is 9.98. The minimum absolute atomic E-state index is 0.433. The minimum atomic E-state index is 0.433. The SMILES string of the molecule is c1cc(C2=NCCN2)ccc1OC1CCCC1. The summed E-state index contributed by atoms with van der Waals surface area (Å²) in [5.41, 5.74) is 1.15. The summed E-state index contributed by atoms with van der Waals surface area (Å²) in [4.78, 5) is 4.40. The van der Waals surface area contributed by atoms with Crippen LogP contribution in [0.15, 0.2) is 29.3 Å². The van der Waals surface area contributed by atoms with Crippen molar-refractivity contribution in [3.8, 4) is 5.75 Å². The maximum Gasteiger partial charge on any atom is 0.128 e. The van der Waals surface area contributed by atoms with E-state index < -0.39 is 0 Å². The Morgan fingerprint density at radius 1 is 1.12 bits per heavy atom. The van der Waals surface area contributed by atoms with E-state index in [1.807, 2.05) is 0 Å². The molecule has 1 aliphatic heterocycles. The summed E-state index contributed by atoms with van der Waals surface area (Å²) in [6.45, 7) is 1.84. The molecular weight excluding hydrogens is 212 g/mol. The molecule has 0 saturated heterocycles. The topological polar surface area (TPSA) is 33.6 Å². The van der Waals surface area contributed by atoms with Crippen LogP contribution < -0.4 is 10.1 Å². The van der Waals surface area contributed by atoms with Crippen molar-refractivity contribution in [3.05, 3.63) is 29.8 Å². The van der Waals surface area contributed by atoms with Crippen molar-refractivity contribution in [1.29, 1.82) is 0 Å². The van der Waals surface area contributed by atoms with Crippen LogP contribution in [0.3, 0.4) is 0 Å². The zero-order chi connectivity index (χ0) is 11.5. The fourth-order valence-electron chi connectivity index (χ4n) is 2.48. The molecule has 1 aromatic carbocycles. The average Bonchev–Trinajstić information content (AvgIpc) is 3.01. The van der Waals surface area contributed by atoms with Gasteiger partial charge in [-0.25, -0.2) is 0 Å². The lowest BCUT2D eigenvalue weighted by molar-refractivity contribution is 0.210. The molecule has 0 spiro atoms. The van der Waals surface area contributed by atoms with Crippen LogP contribution in [0.1, 0.15) is 31.2 Å². The smallest absolute Gasteiger partial charge is 0.128 e. The number of nitrogens with one attached hydrogen (secondary N) is 1. The lowest BCUT2D eigenvalue weighted by Crippen LogP contribution is -2.19. The number of rotatable bonds is 3. The number of nitrogens with zero attached hydrogens (tertiary/aromatic N) is 1. The largest absolute Gasteiger partial charge is 0.490 e. The molecule has 1 aromatic rings. The Labute approximate surface area is 102 Å². The van der Waals surface area contributed by atoms with Crippen molar-refractivity contribution in [2.45, 2.75) is 31.8 Å². The van der Waals surface area contributed by atoms with Crippen LogP contribution in [0.25, 0.3) is 0 Å². The van der Waals surface area contributed by atoms with Crippen LogP contribution >= 0.6 is 0 Å². The second kappa shape index (κ2) is 4.78. The quantitative estimate of drug-likeness (QED) is 0.864. The molecule has 0 bridgehead atoms. The Morgan fingerprint density at radius 3 is 2.53 bits per heavy atom. The molecule has 3 rings (SSSR count). The van der Waals surface area contributed by atoms with Crippen molar-refractivity contribution in [1.82, 2.24) is 5.32 Å². The highest BCUT2D eigenvalue weighted by molar-refractivity contribution is 5.99. The molecule has 0 aromatic heterocycles. The molecule has 90 valence electrons. The van der Waals surface area contributed by atoms with Crippen LogP contribution in [0.2, 0.25) is 0 Å². The standard InChI is InChI=1S/C14H18N2O/c1-2-4-12(3-1)17-13-7-5-11(6-8-13)14-15-9-10-16-14/h5-8,12H,1-4,9-10H2,(H,15,16). The van der Waals surface area contributed by atoms with Gasteiger partial charge in [-0.1, -0.05) is 0 Å². The fourth-order valence-corrected chi connectivity index (χ4v) is 2.48. The van der Waals surface area contributed by atoms with Crippen LogP contribution in [0, 0.1) is 0 Å². The number of benzene rings is 1. The number of hydrogen-bond donors (Lipinski definition) is 1. The summed E-state index contributed by atoms with van der Waals surface area (Å²) in [5, 5.41) is 3.27. The van der Waals surface area contributed by atoms with E-state index in [0.717, 1.165) is 30.2 Å². The van der Waals surface area contributed by atoms with E-state index >= 15 is 0 Å². The van der Waals surface area contributed by atoms with E-state index in [2.05, 4.69) is 34.6 Å². The summed E-state index contributed by atoms with van der Waals surface area (Å²) in [5.74, 6) is 2.00. The van der Waals surface area contributed by atoms with E-state index in [1.54, 1.807) is 0 Å². The number of amidine groups is 1. The zero-order valence-corrected chi connectivity index (χ0v) is 9.98. The monoisotopic (exact) mass is 230 g/mol. The molecule has 0 radical (unpaired) electrons. The van der Waals surface area contributed by atoms with E-state index in [-0.39, 0.29) is 0 Å². The summed E-state index contributed by atoms with van der Waals surface area (Å²) in [6, 6.07) is 8.27. The van der Waals surface area contributed by atoms with Crippen LogP contribution in [0.5, 0.6) is 5.75 Å². The summed E-state index contributed by atoms with van der Waals surface area (Å²) >= 11 is 0. The van der Waals surface area contributed by atoms with Crippen LogP contribution in [0.4, 0.5) is 0 Å². The van der Waals surface area contributed by atoms with Crippen molar-refractivity contribution in [2.24, 2.45) is 4.99 Å². The molecule has 1 heterocycles. The van der Waals surface area contributed by atoms with Gasteiger partial charge in [0.05, 0.1) is 12.6 Å². The highest BCUT2D eigenvalue weighted by Crippen LogP contribution is 2.24. The van der Waals surface area contributed by atoms with Gasteiger partial charge < -0.3 is 10.1 Å². The summed E-state index contributed by atoms with van der Waals surface area (Å²) in [7, 11) is 0. The molecule has 3 heteroatoms. The maximum atomic E-state index is 5.93. The van der Waals surface area contributed by atoms with Crippen LogP contribution in [-0.2, 0) is 0 Å². The third kappa shape index (κ3) is 2.43. The molecule has 0 atom stereocenters. The Morgan fingerprint density at radius 2 is 1.88 bits per heavy atom. The Balaban J connectivity index is 1.66. The van der Waals surface area contributed by atoms with E-state index in [4.69, 9.17) is 4.74 Å². The Hall–Kier alpha value is -1.51. The van der Waals surface area contributed by atoms with Crippen molar-refractivity contribution in [2.75, 3.05) is 13.1 Å². The van der Waals surface area contributed by atoms with Gasteiger partial charge in [-0.3, -0.25) is 4.99 Å². The predicted molar refractivity (Wildman–Crippen MR) is 68.7 cm³/mol. The summed E-state index contributed by atoms with van der Waals surface area (Å²) < 4.78 is 5.93. The average molecular weight is 230 g/mol. The van der Waals surface area contributed by atoms with Gasteiger partial charge in [0.15, 0.2) is 0 Å². The Bertz CT molecular complexity index is 405. The van der Waals surface area contributed by atoms with E-state index in [9.17, 15) is 0 Å². The molecule has 1 saturated carbocycles. The first-order valence-electron chi connectivity index (χ1n) is 6.47. The number of hydrogen-bond acceptors (Lipinski definition) is 3. The van der Waals surface area contributed by atoms with Gasteiger partial charge in [0.1, 0.15) is 11.6 Å². The molecule has 1 fully saturated rings. The first-order chi connectivity index (χ1) is 8.42. The lowest BCUT2D eigenvalue weighted by Gasteiger charge is -2.13. The Kier molecular flexibility index (Phi) is 2.99. The second-order valence-corrected chi connectivity index (χ2v) is 4.71. The third-order valence-corrected chi connectivity index (χ3v) is 3.41. The molecule has 17 heavy (non-hydrogen) atoms. The van der Waals surface area contributed by atoms with Gasteiger partial charge in [0.25, 0.3) is 0 Å². The third-order valence-electron chi connectivity index (χ3n) is 3.41. The van der Waals surface area contributed by atoms with E-state index in [0.29, 0.717) is 6.10 Å². The molecule has 2 aliphatic rings. The van der Waals surface area contributed by atoms with E-state index in [1.165, 1.54) is 25.7 Å². The maximum absolute atomic E-state index is 5.93. The van der Waals surface area contributed by atoms with Crippen molar-refractivity contribution >= 4 is 5.84 Å². The van der Waals surface area contributed by atoms with Gasteiger partial charge in [0.2, 0.25) is 0 Å². The number of aliphatic imine (C=N–C) groups is 1. The van der Waals surface area contributed by atoms with Crippen LogP contribution in [-0.4, -0.2) is 25.0 Å². The fraction of sp³-hybridized carbons (Fsp3) is 0.500. The predicted octanol–water partition coefficient (Wildman–Crippen LogP) is 2.36. The van der Waals surface area contributed by atoms with Gasteiger partial charge >= 0.3 is 0 Å². The van der Waals surface area contributed by atoms with Gasteiger partial charge in [-0.2, -0.15) is 0 Å². The molecule has 3 nitrogen and oxygen atoms in total. The molecule has 0 amide bonds. The number of ether oxygens (including phenoxy) is 1. The van der Waals surface area contributed by atoms with Gasteiger partial charge in [-0.15, -0.1) is 0 Å². The lowest BCUT2D eigenvalue weighted by atomic mass is 10.2. The van der Waals surface area contributed by atoms with Gasteiger partial charge in [-0.05, 0) is 49.9 Å². The second-order valence-electron chi connectivity index (χ2n) is 4.71. The minimum Gasteiger partial charge on any atom is -0.490 e. The highest BCUT2D eigenvalue weighted by Gasteiger charge is 2.16. The normalized spacial score (nSPS) is 20.1. The molecule has 0 unspecified atom stereocenters. The summed E-state index contributed by atoms with van der Waals surface area (Å²) in [6.07, 6.45) is 5.46. The molecule has 1 N–H and O–H groups in total. The highest BCUT2D eigenvalue weighted by atomic mass is 16.5. The first kappa shape index (κ1) is 10.6. The first-order valence-corrected chi connectivity index (χ1v) is 6.47. The van der Waals surface area contributed by atoms with Gasteiger partial charge in [0, 0.05) is 12.1 Å².